The van der Waals surface area contributed by atoms with E-state index in [9.17, 15) is 0 Å². The monoisotopic (exact) mass is 656 g/mol. The van der Waals surface area contributed by atoms with Crippen molar-refractivity contribution in [3.8, 4) is 11.1 Å². The normalized spacial score (nSPS) is 12.9. The molecule has 7 aromatic carbocycles. The van der Waals surface area contributed by atoms with Crippen molar-refractivity contribution in [2.24, 2.45) is 0 Å². The Morgan fingerprint density at radius 2 is 0.854 bits per heavy atom. The smallest absolute Gasteiger partial charge is 0.171 e. The van der Waals surface area contributed by atoms with Crippen LogP contribution in [0.25, 0.3) is 28.0 Å². The van der Waals surface area contributed by atoms with E-state index in [-0.39, 0.29) is 0 Å². The lowest BCUT2D eigenvalue weighted by Crippen LogP contribution is -2.31. The van der Waals surface area contributed by atoms with Gasteiger partial charge in [-0.05, 0) is 52.4 Å². The molecule has 2 nitrogen and oxygen atoms in total. The molecular weight excluding hydrogens is 622 g/mol. The summed E-state index contributed by atoms with van der Waals surface area (Å²) in [5.74, 6) is 0. The third-order valence-electron chi connectivity index (χ3n) is 9.50. The number of hydrogen-bond acceptors (Lipinski definition) is 2. The van der Waals surface area contributed by atoms with Crippen LogP contribution in [0.1, 0.15) is 17.5 Å². The van der Waals surface area contributed by atoms with E-state index in [0.717, 1.165) is 77.7 Å². The van der Waals surface area contributed by atoms with Crippen molar-refractivity contribution in [3.63, 3.8) is 0 Å². The quantitative estimate of drug-likeness (QED) is 0.161. The topological polar surface area (TPSA) is 34.1 Å². The van der Waals surface area contributed by atoms with Crippen molar-refractivity contribution in [1.29, 1.82) is 0 Å². The fourth-order valence-corrected chi connectivity index (χ4v) is 13.0. The molecule has 0 radical (unpaired) electrons. The zero-order valence-electron chi connectivity index (χ0n) is 26.4. The van der Waals surface area contributed by atoms with E-state index < -0.39 is 14.3 Å². The minimum absolute atomic E-state index is 0.760. The summed E-state index contributed by atoms with van der Waals surface area (Å²) >= 11 is 0. The first-order valence-electron chi connectivity index (χ1n) is 16.4. The van der Waals surface area contributed by atoms with Crippen molar-refractivity contribution in [3.05, 3.63) is 187 Å². The summed E-state index contributed by atoms with van der Waals surface area (Å²) in [6, 6.07) is 56.2. The molecule has 0 N–H and O–H groups in total. The third kappa shape index (κ3) is 4.96. The highest BCUT2D eigenvalue weighted by Gasteiger charge is 2.38. The third-order valence-corrected chi connectivity index (χ3v) is 15.7. The number of fused-ring (bicyclic) bond motifs is 2. The number of allylic oxidation sites excluding steroid dienone is 1. The van der Waals surface area contributed by atoms with Crippen molar-refractivity contribution in [2.45, 2.75) is 12.8 Å². The van der Waals surface area contributed by atoms with Gasteiger partial charge in [-0.25, -0.2) is 0 Å². The Morgan fingerprint density at radius 3 is 1.38 bits per heavy atom. The molecule has 4 heteroatoms. The van der Waals surface area contributed by atoms with Crippen LogP contribution < -0.4 is 31.8 Å². The first kappa shape index (κ1) is 30.3. The van der Waals surface area contributed by atoms with Gasteiger partial charge in [0.25, 0.3) is 0 Å². The van der Waals surface area contributed by atoms with Crippen LogP contribution in [-0.4, -0.2) is 0 Å². The standard InChI is InChI=1S/C44H34O2P2/c45-47(35-19-5-1-6-20-35,36-21-7-2-8-22-36)41-31-29-33-17-13-15-27-39(33)43(41)44-40-28-16-14-18-34(40)30-32-42(44)48(46,37-23-9-3-10-24-37)38-25-11-4-12-26-38/h1-15,17-27,29-32H,16,28H2. The Morgan fingerprint density at radius 1 is 0.417 bits per heavy atom. The maximum Gasteiger partial charge on any atom is 0.171 e. The van der Waals surface area contributed by atoms with Crippen LogP contribution in [0.2, 0.25) is 0 Å². The molecule has 0 fully saturated rings. The van der Waals surface area contributed by atoms with Gasteiger partial charge in [0.05, 0.1) is 0 Å². The molecule has 0 spiro atoms. The second-order valence-corrected chi connectivity index (χ2v) is 17.7. The first-order chi connectivity index (χ1) is 23.6. The van der Waals surface area contributed by atoms with Crippen LogP contribution in [0.4, 0.5) is 0 Å². The Kier molecular flexibility index (Phi) is 7.93. The van der Waals surface area contributed by atoms with E-state index in [1.807, 2.05) is 127 Å². The van der Waals surface area contributed by atoms with Gasteiger partial charge in [-0.3, -0.25) is 0 Å². The minimum atomic E-state index is -3.44. The Hall–Kier alpha value is -5.00. The molecule has 48 heavy (non-hydrogen) atoms. The van der Waals surface area contributed by atoms with E-state index in [4.69, 9.17) is 0 Å². The number of rotatable bonds is 7. The van der Waals surface area contributed by atoms with Gasteiger partial charge in [0.15, 0.2) is 14.3 Å². The van der Waals surface area contributed by atoms with Gasteiger partial charge in [0, 0.05) is 37.4 Å². The maximum atomic E-state index is 16.2. The molecule has 0 aliphatic heterocycles. The summed E-state index contributed by atoms with van der Waals surface area (Å²) < 4.78 is 32.5. The summed E-state index contributed by atoms with van der Waals surface area (Å²) in [6.45, 7) is 0. The lowest BCUT2D eigenvalue weighted by atomic mass is 9.87. The predicted octanol–water partition coefficient (Wildman–Crippen LogP) is 8.75. The van der Waals surface area contributed by atoms with Crippen molar-refractivity contribution < 1.29 is 9.13 Å². The Labute approximate surface area is 282 Å². The fourth-order valence-electron chi connectivity index (χ4n) is 7.25. The van der Waals surface area contributed by atoms with Gasteiger partial charge in [-0.1, -0.05) is 170 Å². The van der Waals surface area contributed by atoms with Gasteiger partial charge in [-0.2, -0.15) is 0 Å². The molecule has 0 saturated carbocycles. The average molecular weight is 657 g/mol. The van der Waals surface area contributed by atoms with Crippen molar-refractivity contribution in [2.75, 3.05) is 0 Å². The van der Waals surface area contributed by atoms with Crippen LogP contribution in [0.5, 0.6) is 0 Å². The molecular formula is C44H34O2P2. The SMILES string of the molecule is O=P(c1ccccc1)(c1ccccc1)c1ccc2c(c1-c1c(P(=O)(c3ccccc3)c3ccccc3)ccc3ccccc13)CCC=C2. The molecule has 0 atom stereocenters. The van der Waals surface area contributed by atoms with Crippen LogP contribution >= 0.6 is 14.3 Å². The van der Waals surface area contributed by atoms with Crippen LogP contribution in [0.3, 0.4) is 0 Å². The van der Waals surface area contributed by atoms with Crippen LogP contribution in [0.15, 0.2) is 176 Å². The van der Waals surface area contributed by atoms with E-state index in [1.165, 1.54) is 0 Å². The highest BCUT2D eigenvalue weighted by Crippen LogP contribution is 2.51. The summed E-state index contributed by atoms with van der Waals surface area (Å²) in [7, 11) is -6.88. The number of benzene rings is 7. The Bertz CT molecular complexity index is 2300. The lowest BCUT2D eigenvalue weighted by molar-refractivity contribution is 0.591. The fraction of sp³-hybridized carbons (Fsp3) is 0.0455. The van der Waals surface area contributed by atoms with E-state index in [1.54, 1.807) is 0 Å². The predicted molar refractivity (Wildman–Crippen MR) is 206 cm³/mol. The van der Waals surface area contributed by atoms with Gasteiger partial charge >= 0.3 is 0 Å². The van der Waals surface area contributed by atoms with Gasteiger partial charge in [0.1, 0.15) is 0 Å². The van der Waals surface area contributed by atoms with Gasteiger partial charge < -0.3 is 9.13 Å². The zero-order valence-corrected chi connectivity index (χ0v) is 28.2. The highest BCUT2D eigenvalue weighted by atomic mass is 31.2. The summed E-state index contributed by atoms with van der Waals surface area (Å²) in [6.07, 6.45) is 6.06. The first-order valence-corrected chi connectivity index (χ1v) is 19.8. The van der Waals surface area contributed by atoms with E-state index in [2.05, 4.69) is 54.6 Å². The van der Waals surface area contributed by atoms with Gasteiger partial charge in [-0.15, -0.1) is 0 Å². The summed E-state index contributed by atoms with van der Waals surface area (Å²) in [5.41, 5.74) is 4.10. The molecule has 0 bridgehead atoms. The second kappa shape index (κ2) is 12.6. The van der Waals surface area contributed by atoms with Crippen LogP contribution in [0, 0.1) is 0 Å². The maximum absolute atomic E-state index is 16.2. The molecule has 0 aromatic heterocycles. The lowest BCUT2D eigenvalue weighted by Gasteiger charge is -2.30. The van der Waals surface area contributed by atoms with Gasteiger partial charge in [0.2, 0.25) is 0 Å². The molecule has 232 valence electrons. The number of hydrogen-bond donors (Lipinski definition) is 0. The molecule has 0 heterocycles. The van der Waals surface area contributed by atoms with Crippen molar-refractivity contribution >= 4 is 63.0 Å². The van der Waals surface area contributed by atoms with E-state index >= 15 is 9.13 Å². The Balaban J connectivity index is 1.57. The highest BCUT2D eigenvalue weighted by molar-refractivity contribution is 7.86. The second-order valence-electron chi connectivity index (χ2n) is 12.2. The molecule has 7 aromatic rings. The van der Waals surface area contributed by atoms with E-state index in [0.29, 0.717) is 0 Å². The zero-order chi connectivity index (χ0) is 32.6. The molecule has 8 rings (SSSR count). The van der Waals surface area contributed by atoms with Crippen molar-refractivity contribution in [1.82, 2.24) is 0 Å². The molecule has 0 amide bonds. The average Bonchev–Trinajstić information content (AvgIpc) is 3.18. The molecule has 1 aliphatic carbocycles. The summed E-state index contributed by atoms with van der Waals surface area (Å²) in [4.78, 5) is 0. The largest absolute Gasteiger partial charge is 0.309 e. The minimum Gasteiger partial charge on any atom is -0.309 e. The molecule has 1 aliphatic rings. The summed E-state index contributed by atoms with van der Waals surface area (Å²) in [5, 5.41) is 6.68. The molecule has 0 unspecified atom stereocenters. The van der Waals surface area contributed by atoms with Crippen LogP contribution in [-0.2, 0) is 15.6 Å². The molecule has 0 saturated heterocycles.